The molecule has 6 heteroatoms. The molecule has 0 fully saturated rings. The number of thiazole rings is 1. The molecule has 2 aromatic rings. The summed E-state index contributed by atoms with van der Waals surface area (Å²) in [7, 11) is 6.16. The number of nitrogens with zero attached hydrogens (tertiary/aromatic N) is 4. The van der Waals surface area contributed by atoms with E-state index in [1.54, 1.807) is 11.3 Å². The first kappa shape index (κ1) is 17.0. The van der Waals surface area contributed by atoms with E-state index in [9.17, 15) is 0 Å². The lowest BCUT2D eigenvalue weighted by molar-refractivity contribution is 0.672. The number of aromatic nitrogens is 3. The molecule has 2 heterocycles. The molecule has 0 aromatic carbocycles. The zero-order valence-corrected chi connectivity index (χ0v) is 15.3. The van der Waals surface area contributed by atoms with Crippen LogP contribution in [0.15, 0.2) is 6.20 Å². The molecule has 122 valence electrons. The third-order valence-corrected chi connectivity index (χ3v) is 4.57. The predicted molar refractivity (Wildman–Crippen MR) is 93.9 cm³/mol. The van der Waals surface area contributed by atoms with Gasteiger partial charge in [-0.05, 0) is 12.8 Å². The Balaban J connectivity index is 2.01. The van der Waals surface area contributed by atoms with Gasteiger partial charge in [0.25, 0.3) is 0 Å². The summed E-state index contributed by atoms with van der Waals surface area (Å²) in [6, 6.07) is 0. The monoisotopic (exact) mass is 321 g/mol. The second-order valence-electron chi connectivity index (χ2n) is 6.15. The molecule has 1 N–H and O–H groups in total. The van der Waals surface area contributed by atoms with Crippen molar-refractivity contribution in [2.45, 2.75) is 39.7 Å². The average Bonchev–Trinajstić information content (AvgIpc) is 2.98. The first-order chi connectivity index (χ1) is 10.4. The van der Waals surface area contributed by atoms with Crippen LogP contribution in [0.1, 0.15) is 40.9 Å². The summed E-state index contributed by atoms with van der Waals surface area (Å²) in [5, 5.41) is 9.45. The molecule has 0 radical (unpaired) electrons. The molecule has 0 bridgehead atoms. The highest BCUT2D eigenvalue weighted by Crippen LogP contribution is 2.27. The van der Waals surface area contributed by atoms with Crippen molar-refractivity contribution in [2.75, 3.05) is 25.5 Å². The largest absolute Gasteiger partial charge is 0.363 e. The van der Waals surface area contributed by atoms with Gasteiger partial charge in [0.2, 0.25) is 0 Å². The maximum atomic E-state index is 4.70. The Bertz CT molecular complexity index is 612. The number of aryl methyl sites for hydroxylation is 2. The standard InChI is InChI=1S/C16H27N5S/c1-11(2)15-13(16(20(4)5)21(6)19-15)10-17-8-7-14-18-9-12(3)22-14/h9,11,17H,7-8,10H2,1-6H3. The molecular weight excluding hydrogens is 294 g/mol. The van der Waals surface area contributed by atoms with E-state index in [0.29, 0.717) is 5.92 Å². The zero-order chi connectivity index (χ0) is 16.3. The van der Waals surface area contributed by atoms with Crippen LogP contribution in [-0.2, 0) is 20.0 Å². The number of hydrogen-bond donors (Lipinski definition) is 1. The van der Waals surface area contributed by atoms with Gasteiger partial charge in [-0.1, -0.05) is 13.8 Å². The quantitative estimate of drug-likeness (QED) is 0.797. The Kier molecular flexibility index (Phi) is 5.58. The van der Waals surface area contributed by atoms with Crippen molar-refractivity contribution in [3.8, 4) is 0 Å². The second-order valence-corrected chi connectivity index (χ2v) is 7.47. The fourth-order valence-electron chi connectivity index (χ4n) is 2.70. The summed E-state index contributed by atoms with van der Waals surface area (Å²) in [6.07, 6.45) is 2.93. The van der Waals surface area contributed by atoms with Gasteiger partial charge < -0.3 is 10.2 Å². The van der Waals surface area contributed by atoms with Gasteiger partial charge in [0.1, 0.15) is 5.82 Å². The van der Waals surface area contributed by atoms with E-state index in [0.717, 1.165) is 19.5 Å². The van der Waals surface area contributed by atoms with E-state index in [2.05, 4.69) is 50.1 Å². The van der Waals surface area contributed by atoms with Crippen molar-refractivity contribution in [2.24, 2.45) is 7.05 Å². The second kappa shape index (κ2) is 7.24. The summed E-state index contributed by atoms with van der Waals surface area (Å²) in [5.41, 5.74) is 2.49. The van der Waals surface area contributed by atoms with Crippen LogP contribution in [-0.4, -0.2) is 35.4 Å². The van der Waals surface area contributed by atoms with E-state index in [1.807, 2.05) is 17.9 Å². The van der Waals surface area contributed by atoms with Crippen molar-refractivity contribution >= 4 is 17.2 Å². The first-order valence-corrected chi connectivity index (χ1v) is 8.57. The first-order valence-electron chi connectivity index (χ1n) is 7.75. The molecule has 0 saturated carbocycles. The molecule has 0 unspecified atom stereocenters. The summed E-state index contributed by atoms with van der Waals surface area (Å²) >= 11 is 1.78. The van der Waals surface area contributed by atoms with Crippen LogP contribution in [0.4, 0.5) is 5.82 Å². The highest BCUT2D eigenvalue weighted by atomic mass is 32.1. The van der Waals surface area contributed by atoms with Crippen molar-refractivity contribution in [1.82, 2.24) is 20.1 Å². The minimum atomic E-state index is 0.429. The van der Waals surface area contributed by atoms with E-state index >= 15 is 0 Å². The molecule has 0 atom stereocenters. The summed E-state index contributed by atoms with van der Waals surface area (Å²) in [5.74, 6) is 1.61. The molecule has 2 aromatic heterocycles. The van der Waals surface area contributed by atoms with Gasteiger partial charge in [-0.25, -0.2) is 4.98 Å². The van der Waals surface area contributed by atoms with Crippen molar-refractivity contribution < 1.29 is 0 Å². The van der Waals surface area contributed by atoms with Crippen LogP contribution in [0.25, 0.3) is 0 Å². The summed E-state index contributed by atoms with van der Waals surface area (Å²) in [6.45, 7) is 8.28. The predicted octanol–water partition coefficient (Wildman–Crippen LogP) is 2.71. The number of nitrogens with one attached hydrogen (secondary N) is 1. The third kappa shape index (κ3) is 3.87. The number of rotatable bonds is 7. The highest BCUT2D eigenvalue weighted by molar-refractivity contribution is 7.11. The van der Waals surface area contributed by atoms with Gasteiger partial charge in [0.15, 0.2) is 0 Å². The van der Waals surface area contributed by atoms with E-state index in [-0.39, 0.29) is 0 Å². The van der Waals surface area contributed by atoms with Crippen LogP contribution in [0.5, 0.6) is 0 Å². The lowest BCUT2D eigenvalue weighted by atomic mass is 10.1. The van der Waals surface area contributed by atoms with Crippen LogP contribution >= 0.6 is 11.3 Å². The molecule has 22 heavy (non-hydrogen) atoms. The van der Waals surface area contributed by atoms with Gasteiger partial charge in [-0.15, -0.1) is 11.3 Å². The minimum absolute atomic E-state index is 0.429. The lowest BCUT2D eigenvalue weighted by Crippen LogP contribution is -2.21. The molecule has 2 rings (SSSR count). The van der Waals surface area contributed by atoms with Crippen LogP contribution in [0, 0.1) is 6.92 Å². The van der Waals surface area contributed by atoms with Crippen LogP contribution in [0.3, 0.4) is 0 Å². The van der Waals surface area contributed by atoms with Crippen LogP contribution < -0.4 is 10.2 Å². The molecule has 0 amide bonds. The Morgan fingerprint density at radius 1 is 1.36 bits per heavy atom. The zero-order valence-electron chi connectivity index (χ0n) is 14.5. The summed E-state index contributed by atoms with van der Waals surface area (Å²) in [4.78, 5) is 7.83. The van der Waals surface area contributed by atoms with Crippen molar-refractivity contribution in [3.63, 3.8) is 0 Å². The summed E-state index contributed by atoms with van der Waals surface area (Å²) < 4.78 is 1.98. The Labute approximate surface area is 137 Å². The van der Waals surface area contributed by atoms with Gasteiger partial charge in [-0.2, -0.15) is 5.10 Å². The molecule has 0 aliphatic heterocycles. The van der Waals surface area contributed by atoms with Gasteiger partial charge in [-0.3, -0.25) is 4.68 Å². The van der Waals surface area contributed by atoms with Gasteiger partial charge in [0, 0.05) is 57.3 Å². The number of anilines is 1. The Hall–Kier alpha value is -1.40. The lowest BCUT2D eigenvalue weighted by Gasteiger charge is -2.16. The van der Waals surface area contributed by atoms with E-state index in [1.165, 1.54) is 27.0 Å². The van der Waals surface area contributed by atoms with Crippen molar-refractivity contribution in [1.29, 1.82) is 0 Å². The van der Waals surface area contributed by atoms with Gasteiger partial charge >= 0.3 is 0 Å². The number of hydrogen-bond acceptors (Lipinski definition) is 5. The smallest absolute Gasteiger partial charge is 0.130 e. The molecule has 0 aliphatic carbocycles. The third-order valence-electron chi connectivity index (χ3n) is 3.60. The maximum Gasteiger partial charge on any atom is 0.130 e. The average molecular weight is 321 g/mol. The maximum absolute atomic E-state index is 4.70. The van der Waals surface area contributed by atoms with Crippen molar-refractivity contribution in [3.05, 3.63) is 27.3 Å². The van der Waals surface area contributed by atoms with E-state index < -0.39 is 0 Å². The minimum Gasteiger partial charge on any atom is -0.363 e. The Morgan fingerprint density at radius 2 is 2.09 bits per heavy atom. The Morgan fingerprint density at radius 3 is 2.64 bits per heavy atom. The fourth-order valence-corrected chi connectivity index (χ4v) is 3.48. The van der Waals surface area contributed by atoms with Crippen LogP contribution in [0.2, 0.25) is 0 Å². The fraction of sp³-hybridized carbons (Fsp3) is 0.625. The normalized spacial score (nSPS) is 11.4. The molecule has 5 nitrogen and oxygen atoms in total. The van der Waals surface area contributed by atoms with Gasteiger partial charge in [0.05, 0.1) is 10.7 Å². The topological polar surface area (TPSA) is 46.0 Å². The molecule has 0 saturated heterocycles. The highest BCUT2D eigenvalue weighted by Gasteiger charge is 2.19. The molecular formula is C16H27N5S. The molecule has 0 spiro atoms. The SMILES string of the molecule is Cc1cnc(CCNCc2c(C(C)C)nn(C)c2N(C)C)s1. The molecule has 0 aliphatic rings. The van der Waals surface area contributed by atoms with E-state index in [4.69, 9.17) is 5.10 Å².